The fourth-order valence-electron chi connectivity index (χ4n) is 3.79. The van der Waals surface area contributed by atoms with Crippen LogP contribution in [0.25, 0.3) is 16.7 Å². The third-order valence-corrected chi connectivity index (χ3v) is 11.5. The van der Waals surface area contributed by atoms with Crippen molar-refractivity contribution in [1.82, 2.24) is 9.88 Å². The highest BCUT2D eigenvalue weighted by molar-refractivity contribution is 6.74. The number of aliphatic hydroxyl groups excluding tert-OH is 1. The van der Waals surface area contributed by atoms with Crippen LogP contribution in [0, 0.1) is 0 Å². The molecule has 0 atom stereocenters. The van der Waals surface area contributed by atoms with Gasteiger partial charge in [0.25, 0.3) is 0 Å². The van der Waals surface area contributed by atoms with Crippen molar-refractivity contribution in [2.75, 3.05) is 19.7 Å². The number of primary amides is 1. The molecule has 0 aliphatic heterocycles. The van der Waals surface area contributed by atoms with Crippen LogP contribution >= 0.6 is 0 Å². The van der Waals surface area contributed by atoms with E-state index >= 15 is 0 Å². The molecular formula is C28H39N3O3Si. The van der Waals surface area contributed by atoms with Crippen LogP contribution in [0.1, 0.15) is 37.5 Å². The summed E-state index contributed by atoms with van der Waals surface area (Å²) in [5.74, 6) is -0.792. The maximum Gasteiger partial charge on any atom is 0.245 e. The number of aromatic nitrogens is 1. The van der Waals surface area contributed by atoms with E-state index in [9.17, 15) is 9.90 Å². The number of H-pyrrole nitrogens is 1. The van der Waals surface area contributed by atoms with Crippen molar-refractivity contribution in [2.45, 2.75) is 51.9 Å². The minimum absolute atomic E-state index is 0.122. The van der Waals surface area contributed by atoms with E-state index in [1.807, 2.05) is 30.3 Å². The zero-order chi connectivity index (χ0) is 25.6. The maximum atomic E-state index is 11.0. The molecule has 35 heavy (non-hydrogen) atoms. The van der Waals surface area contributed by atoms with E-state index in [1.54, 1.807) is 0 Å². The zero-order valence-electron chi connectivity index (χ0n) is 21.6. The van der Waals surface area contributed by atoms with E-state index in [2.05, 4.69) is 68.1 Å². The molecule has 188 valence electrons. The van der Waals surface area contributed by atoms with Crippen LogP contribution in [0.3, 0.4) is 0 Å². The molecule has 0 unspecified atom stereocenters. The zero-order valence-corrected chi connectivity index (χ0v) is 22.6. The average Bonchev–Trinajstić information content (AvgIpc) is 3.19. The van der Waals surface area contributed by atoms with Gasteiger partial charge in [-0.25, -0.2) is 0 Å². The van der Waals surface area contributed by atoms with E-state index in [-0.39, 0.29) is 10.8 Å². The lowest BCUT2D eigenvalue weighted by molar-refractivity contribution is -0.113. The Morgan fingerprint density at radius 3 is 2.46 bits per heavy atom. The largest absolute Gasteiger partial charge is 0.507 e. The summed E-state index contributed by atoms with van der Waals surface area (Å²) in [4.78, 5) is 16.8. The highest BCUT2D eigenvalue weighted by atomic mass is 28.4. The lowest BCUT2D eigenvalue weighted by Gasteiger charge is -2.37. The van der Waals surface area contributed by atoms with Crippen LogP contribution in [-0.2, 0) is 22.2 Å². The minimum Gasteiger partial charge on any atom is -0.507 e. The standard InChI is InChI=1S/C28H39N3O3Si/c1-28(2,3)35(4,5)34-17-16-31(15-14-23-19-30-25-9-7-6-8-24(23)25)20-21-10-12-22(13-11-21)26(32)18-27(29)33/h6-13,18-19,30,32H,14-17,20H2,1-5H3,(H2,29,33)/b26-18-. The lowest BCUT2D eigenvalue weighted by atomic mass is 10.1. The molecule has 3 rings (SSSR count). The molecule has 3 aromatic rings. The van der Waals surface area contributed by atoms with E-state index in [0.717, 1.165) is 43.2 Å². The first-order valence-corrected chi connectivity index (χ1v) is 15.1. The second-order valence-corrected chi connectivity index (χ2v) is 15.4. The Morgan fingerprint density at radius 2 is 1.80 bits per heavy atom. The topological polar surface area (TPSA) is 91.6 Å². The van der Waals surface area contributed by atoms with Gasteiger partial charge in [-0.05, 0) is 41.7 Å². The number of benzene rings is 2. The molecule has 0 aliphatic carbocycles. The summed E-state index contributed by atoms with van der Waals surface area (Å²) in [6.45, 7) is 14.6. The molecule has 6 nitrogen and oxygen atoms in total. The number of carbonyl (C=O) groups is 1. The van der Waals surface area contributed by atoms with Gasteiger partial charge in [0.1, 0.15) is 5.76 Å². The average molecular weight is 494 g/mol. The number of aliphatic hydroxyl groups is 1. The summed E-state index contributed by atoms with van der Waals surface area (Å²) >= 11 is 0. The second kappa shape index (κ2) is 11.2. The van der Waals surface area contributed by atoms with Gasteiger partial charge < -0.3 is 20.3 Å². The fourth-order valence-corrected chi connectivity index (χ4v) is 4.83. The van der Waals surface area contributed by atoms with Gasteiger partial charge in [-0.1, -0.05) is 63.2 Å². The third-order valence-electron chi connectivity index (χ3n) is 6.98. The van der Waals surface area contributed by atoms with Crippen LogP contribution in [0.2, 0.25) is 18.1 Å². The Kier molecular flexibility index (Phi) is 8.59. The van der Waals surface area contributed by atoms with Gasteiger partial charge in [0.05, 0.1) is 0 Å². The molecule has 0 spiro atoms. The number of para-hydroxylation sites is 1. The Hall–Kier alpha value is -2.87. The molecule has 7 heteroatoms. The van der Waals surface area contributed by atoms with Gasteiger partial charge in [-0.3, -0.25) is 9.69 Å². The van der Waals surface area contributed by atoms with Crippen LogP contribution < -0.4 is 5.73 Å². The van der Waals surface area contributed by atoms with E-state index < -0.39 is 14.2 Å². The first-order valence-electron chi connectivity index (χ1n) is 12.2. The summed E-state index contributed by atoms with van der Waals surface area (Å²) in [7, 11) is -1.81. The van der Waals surface area contributed by atoms with Crippen molar-refractivity contribution in [1.29, 1.82) is 0 Å². The van der Waals surface area contributed by atoms with Gasteiger partial charge in [0, 0.05) is 55.0 Å². The Morgan fingerprint density at radius 1 is 1.11 bits per heavy atom. The molecule has 0 saturated heterocycles. The smallest absolute Gasteiger partial charge is 0.245 e. The second-order valence-electron chi connectivity index (χ2n) is 10.6. The Balaban J connectivity index is 1.71. The number of carbonyl (C=O) groups excluding carboxylic acids is 1. The number of rotatable bonds is 11. The predicted octanol–water partition coefficient (Wildman–Crippen LogP) is 5.62. The summed E-state index contributed by atoms with van der Waals surface area (Å²) in [6.07, 6.45) is 4.07. The molecule has 0 saturated carbocycles. The van der Waals surface area contributed by atoms with Crippen LogP contribution in [0.5, 0.6) is 0 Å². The first-order chi connectivity index (χ1) is 16.5. The summed E-state index contributed by atoms with van der Waals surface area (Å²) in [5, 5.41) is 11.5. The number of hydrogen-bond acceptors (Lipinski definition) is 4. The van der Waals surface area contributed by atoms with Gasteiger partial charge in [0.15, 0.2) is 8.32 Å². The van der Waals surface area contributed by atoms with E-state index in [0.29, 0.717) is 12.2 Å². The SMILES string of the molecule is CC(C)(C)[Si](C)(C)OCCN(CCc1c[nH]c2ccccc12)Cc1ccc(/C(O)=C/C(N)=O)cc1. The summed E-state index contributed by atoms with van der Waals surface area (Å²) < 4.78 is 6.46. The van der Waals surface area contributed by atoms with Crippen molar-refractivity contribution >= 4 is 30.9 Å². The predicted molar refractivity (Wildman–Crippen MR) is 147 cm³/mol. The van der Waals surface area contributed by atoms with Crippen LogP contribution in [-0.4, -0.2) is 48.9 Å². The van der Waals surface area contributed by atoms with Crippen LogP contribution in [0.15, 0.2) is 60.8 Å². The van der Waals surface area contributed by atoms with Gasteiger partial charge in [-0.15, -0.1) is 0 Å². The van der Waals surface area contributed by atoms with Crippen LogP contribution in [0.4, 0.5) is 0 Å². The molecule has 0 radical (unpaired) electrons. The third kappa shape index (κ3) is 7.30. The normalized spacial score (nSPS) is 13.0. The van der Waals surface area contributed by atoms with Crippen molar-refractivity contribution in [3.63, 3.8) is 0 Å². The molecule has 0 fully saturated rings. The van der Waals surface area contributed by atoms with Crippen molar-refractivity contribution in [3.8, 4) is 0 Å². The molecule has 2 aromatic carbocycles. The summed E-state index contributed by atoms with van der Waals surface area (Å²) in [6, 6.07) is 16.0. The minimum atomic E-state index is -1.81. The molecule has 0 aliphatic rings. The molecule has 0 bridgehead atoms. The quantitative estimate of drug-likeness (QED) is 0.184. The van der Waals surface area contributed by atoms with E-state index in [4.69, 9.17) is 10.2 Å². The number of amides is 1. The molecule has 1 heterocycles. The van der Waals surface area contributed by atoms with Gasteiger partial charge in [0.2, 0.25) is 5.91 Å². The van der Waals surface area contributed by atoms with Gasteiger partial charge in [-0.2, -0.15) is 0 Å². The number of hydrogen-bond donors (Lipinski definition) is 3. The molecule has 1 aromatic heterocycles. The number of nitrogens with zero attached hydrogens (tertiary/aromatic N) is 1. The number of fused-ring (bicyclic) bond motifs is 1. The van der Waals surface area contributed by atoms with Crippen molar-refractivity contribution < 1.29 is 14.3 Å². The first kappa shape index (κ1) is 26.7. The van der Waals surface area contributed by atoms with E-state index in [1.165, 1.54) is 10.9 Å². The number of nitrogens with one attached hydrogen (secondary N) is 1. The molecular weight excluding hydrogens is 454 g/mol. The van der Waals surface area contributed by atoms with Crippen molar-refractivity contribution in [3.05, 3.63) is 77.5 Å². The monoisotopic (exact) mass is 493 g/mol. The molecule has 1 amide bonds. The molecule has 4 N–H and O–H groups in total. The maximum absolute atomic E-state index is 11.0. The number of nitrogens with two attached hydrogens (primary N) is 1. The van der Waals surface area contributed by atoms with Crippen molar-refractivity contribution in [2.24, 2.45) is 5.73 Å². The van der Waals surface area contributed by atoms with Gasteiger partial charge >= 0.3 is 0 Å². The Bertz CT molecular complexity index is 1160. The summed E-state index contributed by atoms with van der Waals surface area (Å²) in [5.41, 5.74) is 9.32. The Labute approximate surface area is 209 Å². The highest BCUT2D eigenvalue weighted by Gasteiger charge is 2.37. The lowest BCUT2D eigenvalue weighted by Crippen LogP contribution is -2.43. The highest BCUT2D eigenvalue weighted by Crippen LogP contribution is 2.36. The number of aromatic amines is 1. The fraction of sp³-hybridized carbons (Fsp3) is 0.393.